The van der Waals surface area contributed by atoms with E-state index in [1.165, 1.54) is 0 Å². The van der Waals surface area contributed by atoms with Crippen molar-refractivity contribution in [3.8, 4) is 17.2 Å². The second-order valence-corrected chi connectivity index (χ2v) is 7.45. The van der Waals surface area contributed by atoms with Gasteiger partial charge in [-0.15, -0.1) is 0 Å². The van der Waals surface area contributed by atoms with Crippen LogP contribution in [0.4, 0.5) is 0 Å². The van der Waals surface area contributed by atoms with Gasteiger partial charge < -0.3 is 18.7 Å². The fourth-order valence-corrected chi connectivity index (χ4v) is 2.86. The molecule has 7 nitrogen and oxygen atoms in total. The lowest BCUT2D eigenvalue weighted by atomic mass is 10.1. The third-order valence-corrected chi connectivity index (χ3v) is 4.64. The Labute approximate surface area is 188 Å². The molecule has 0 amide bonds. The van der Waals surface area contributed by atoms with Gasteiger partial charge in [-0.1, -0.05) is 49.3 Å². The van der Waals surface area contributed by atoms with Crippen molar-refractivity contribution < 1.29 is 23.5 Å². The molecule has 32 heavy (non-hydrogen) atoms. The van der Waals surface area contributed by atoms with Crippen LogP contribution >= 0.6 is 0 Å². The Morgan fingerprint density at radius 2 is 1.78 bits per heavy atom. The van der Waals surface area contributed by atoms with E-state index in [0.717, 1.165) is 22.6 Å². The molecule has 2 aromatic carbocycles. The highest BCUT2D eigenvalue weighted by Crippen LogP contribution is 2.23. The maximum atomic E-state index is 11.9. The summed E-state index contributed by atoms with van der Waals surface area (Å²) in [5, 5.41) is 3.96. The van der Waals surface area contributed by atoms with E-state index in [2.05, 4.69) is 10.1 Å². The van der Waals surface area contributed by atoms with Crippen LogP contribution in [0.5, 0.6) is 5.75 Å². The molecule has 3 rings (SSSR count). The van der Waals surface area contributed by atoms with E-state index >= 15 is 0 Å². The van der Waals surface area contributed by atoms with Crippen molar-refractivity contribution in [3.05, 3.63) is 71.6 Å². The molecule has 0 aliphatic carbocycles. The summed E-state index contributed by atoms with van der Waals surface area (Å²) in [5.41, 5.74) is 2.85. The van der Waals surface area contributed by atoms with Crippen molar-refractivity contribution in [1.82, 2.24) is 4.98 Å². The van der Waals surface area contributed by atoms with E-state index in [-0.39, 0.29) is 18.2 Å². The van der Waals surface area contributed by atoms with Crippen LogP contribution in [0.3, 0.4) is 0 Å². The lowest BCUT2D eigenvalue weighted by molar-refractivity contribution is -0.135. The summed E-state index contributed by atoms with van der Waals surface area (Å²) >= 11 is 0. The lowest BCUT2D eigenvalue weighted by Gasteiger charge is -2.09. The minimum atomic E-state index is -0.454. The van der Waals surface area contributed by atoms with Gasteiger partial charge in [-0.25, -0.2) is 9.78 Å². The smallest absolute Gasteiger partial charge is 0.356 e. The van der Waals surface area contributed by atoms with Crippen molar-refractivity contribution >= 4 is 11.7 Å². The quantitative estimate of drug-likeness (QED) is 0.243. The van der Waals surface area contributed by atoms with Crippen molar-refractivity contribution in [2.24, 2.45) is 11.1 Å². The number of oxime groups is 1. The van der Waals surface area contributed by atoms with Gasteiger partial charge in [-0.05, 0) is 43.7 Å². The first-order chi connectivity index (χ1) is 15.5. The van der Waals surface area contributed by atoms with E-state index in [1.54, 1.807) is 6.92 Å². The molecular formula is C25H28N2O5. The molecule has 0 fully saturated rings. The molecule has 0 atom stereocenters. The van der Waals surface area contributed by atoms with Crippen LogP contribution in [-0.2, 0) is 27.6 Å². The Bertz CT molecular complexity index is 1040. The SMILES string of the molecule is CCOC(=O)C(=NOCc1ccc(OCc2nc(-c3ccccc3)oc2C)cc1)C(C)C. The molecule has 7 heteroatoms. The second-order valence-electron chi connectivity index (χ2n) is 7.45. The molecule has 0 saturated carbocycles. The zero-order valence-electron chi connectivity index (χ0n) is 18.8. The third-order valence-electron chi connectivity index (χ3n) is 4.64. The molecule has 0 radical (unpaired) electrons. The predicted octanol–water partition coefficient (Wildman–Crippen LogP) is 5.32. The van der Waals surface area contributed by atoms with Gasteiger partial charge in [0.05, 0.1) is 6.61 Å². The standard InChI is InChI=1S/C25H28N2O5/c1-5-29-25(28)23(17(2)3)27-31-15-19-11-13-21(14-12-19)30-16-22-18(4)32-24(26-22)20-9-7-6-8-10-20/h6-14,17H,5,15-16H2,1-4H3. The number of carbonyl (C=O) groups excluding carboxylic acids is 1. The van der Waals surface area contributed by atoms with E-state index in [0.29, 0.717) is 24.9 Å². The zero-order valence-corrected chi connectivity index (χ0v) is 18.8. The number of aromatic nitrogens is 1. The topological polar surface area (TPSA) is 83.2 Å². The summed E-state index contributed by atoms with van der Waals surface area (Å²) in [6.07, 6.45) is 0. The first kappa shape index (κ1) is 23.1. The fraction of sp³-hybridized carbons (Fsp3) is 0.320. The second kappa shape index (κ2) is 11.1. The highest BCUT2D eigenvalue weighted by Gasteiger charge is 2.17. The van der Waals surface area contributed by atoms with Crippen LogP contribution < -0.4 is 4.74 Å². The van der Waals surface area contributed by atoms with Gasteiger partial charge in [0, 0.05) is 11.5 Å². The summed E-state index contributed by atoms with van der Waals surface area (Å²) < 4.78 is 16.6. The number of hydrogen-bond donors (Lipinski definition) is 0. The van der Waals surface area contributed by atoms with Crippen molar-refractivity contribution in [3.63, 3.8) is 0 Å². The molecule has 168 valence electrons. The molecule has 3 aromatic rings. The van der Waals surface area contributed by atoms with Crippen molar-refractivity contribution in [1.29, 1.82) is 0 Å². The molecular weight excluding hydrogens is 408 g/mol. The van der Waals surface area contributed by atoms with Gasteiger partial charge in [-0.2, -0.15) is 0 Å². The van der Waals surface area contributed by atoms with Gasteiger partial charge in [0.2, 0.25) is 5.89 Å². The van der Waals surface area contributed by atoms with E-state index in [9.17, 15) is 4.79 Å². The van der Waals surface area contributed by atoms with Crippen LogP contribution in [0.25, 0.3) is 11.5 Å². The van der Waals surface area contributed by atoms with Crippen molar-refractivity contribution in [2.75, 3.05) is 6.61 Å². The van der Waals surface area contributed by atoms with E-state index in [4.69, 9.17) is 18.7 Å². The summed E-state index contributed by atoms with van der Waals surface area (Å²) in [7, 11) is 0. The maximum Gasteiger partial charge on any atom is 0.356 e. The number of oxazole rings is 1. The number of nitrogens with zero attached hydrogens (tertiary/aromatic N) is 2. The average Bonchev–Trinajstić information content (AvgIpc) is 3.17. The fourth-order valence-electron chi connectivity index (χ4n) is 2.86. The lowest BCUT2D eigenvalue weighted by Crippen LogP contribution is -2.23. The summed E-state index contributed by atoms with van der Waals surface area (Å²) in [6, 6.07) is 17.2. The highest BCUT2D eigenvalue weighted by atomic mass is 16.6. The number of ether oxygens (including phenoxy) is 2. The Kier molecular flexibility index (Phi) is 8.02. The molecule has 0 N–H and O–H groups in total. The molecule has 1 heterocycles. The summed E-state index contributed by atoms with van der Waals surface area (Å²) in [5.74, 6) is 1.47. The van der Waals surface area contributed by atoms with Gasteiger partial charge in [0.1, 0.15) is 30.4 Å². The number of carbonyl (C=O) groups is 1. The third kappa shape index (κ3) is 6.20. The number of esters is 1. The van der Waals surface area contributed by atoms with Crippen LogP contribution in [-0.4, -0.2) is 23.3 Å². The molecule has 0 aliphatic rings. The Morgan fingerprint density at radius 3 is 2.44 bits per heavy atom. The minimum absolute atomic E-state index is 0.0905. The molecule has 0 bridgehead atoms. The van der Waals surface area contributed by atoms with Crippen LogP contribution in [0, 0.1) is 12.8 Å². The minimum Gasteiger partial charge on any atom is -0.487 e. The van der Waals surface area contributed by atoms with Gasteiger partial charge in [0.15, 0.2) is 5.71 Å². The first-order valence-electron chi connectivity index (χ1n) is 10.6. The average molecular weight is 437 g/mol. The first-order valence-corrected chi connectivity index (χ1v) is 10.6. The molecule has 0 saturated heterocycles. The number of rotatable bonds is 10. The van der Waals surface area contributed by atoms with Crippen molar-refractivity contribution in [2.45, 2.75) is 40.9 Å². The van der Waals surface area contributed by atoms with Gasteiger partial charge in [0.25, 0.3) is 0 Å². The number of aryl methyl sites for hydroxylation is 1. The predicted molar refractivity (Wildman–Crippen MR) is 121 cm³/mol. The zero-order chi connectivity index (χ0) is 22.9. The van der Waals surface area contributed by atoms with Gasteiger partial charge >= 0.3 is 5.97 Å². The van der Waals surface area contributed by atoms with E-state index in [1.807, 2.05) is 75.4 Å². The number of benzene rings is 2. The van der Waals surface area contributed by atoms with Crippen LogP contribution in [0.2, 0.25) is 0 Å². The Morgan fingerprint density at radius 1 is 1.06 bits per heavy atom. The van der Waals surface area contributed by atoms with Crippen LogP contribution in [0.15, 0.2) is 64.2 Å². The number of hydrogen-bond acceptors (Lipinski definition) is 7. The van der Waals surface area contributed by atoms with Gasteiger partial charge in [-0.3, -0.25) is 0 Å². The monoisotopic (exact) mass is 436 g/mol. The largest absolute Gasteiger partial charge is 0.487 e. The Hall–Kier alpha value is -3.61. The van der Waals surface area contributed by atoms with Crippen LogP contribution in [0.1, 0.15) is 37.8 Å². The normalized spacial score (nSPS) is 11.5. The molecule has 0 spiro atoms. The molecule has 0 unspecified atom stereocenters. The maximum absolute atomic E-state index is 11.9. The summed E-state index contributed by atoms with van der Waals surface area (Å²) in [6.45, 7) is 8.20. The van der Waals surface area contributed by atoms with E-state index < -0.39 is 5.97 Å². The molecule has 1 aromatic heterocycles. The highest BCUT2D eigenvalue weighted by molar-refractivity contribution is 6.36. The summed E-state index contributed by atoms with van der Waals surface area (Å²) in [4.78, 5) is 21.8. The Balaban J connectivity index is 1.55. The molecule has 0 aliphatic heterocycles.